The van der Waals surface area contributed by atoms with Gasteiger partial charge in [-0.1, -0.05) is 24.3 Å². The number of carbonyl (C=O) groups excluding carboxylic acids is 1. The van der Waals surface area contributed by atoms with Crippen molar-refractivity contribution in [2.45, 2.75) is 12.6 Å². The smallest absolute Gasteiger partial charge is 0.319 e. The molecule has 0 spiro atoms. The maximum Gasteiger partial charge on any atom is 0.319 e. The number of phenols is 1. The third kappa shape index (κ3) is 5.96. The fourth-order valence-corrected chi connectivity index (χ4v) is 2.93. The number of aromatic hydroxyl groups is 1. The number of aliphatic hydroxyl groups is 1. The van der Waals surface area contributed by atoms with Crippen molar-refractivity contribution in [3.8, 4) is 5.75 Å². The van der Waals surface area contributed by atoms with Gasteiger partial charge in [-0.15, -0.1) is 0 Å². The van der Waals surface area contributed by atoms with Gasteiger partial charge in [-0.25, -0.2) is 4.79 Å². The Kier molecular flexibility index (Phi) is 6.64. The minimum atomic E-state index is -0.890. The van der Waals surface area contributed by atoms with Crippen molar-refractivity contribution in [2.75, 3.05) is 38.2 Å². The van der Waals surface area contributed by atoms with Gasteiger partial charge in [0.2, 0.25) is 0 Å². The summed E-state index contributed by atoms with van der Waals surface area (Å²) in [6.07, 6.45) is -0.890. The summed E-state index contributed by atoms with van der Waals surface area (Å²) in [5.74, 6) is 0.0770. The van der Waals surface area contributed by atoms with Gasteiger partial charge >= 0.3 is 6.03 Å². The summed E-state index contributed by atoms with van der Waals surface area (Å²) in [5.41, 5.74) is 2.41. The standard InChI is InChI=1S/C20H25N3O4/c24-18-3-1-2-16(12-18)19(25)13-21-20(26)22-17-6-4-15(5-7-17)14-23-8-10-27-11-9-23/h1-7,12,19,24-25H,8-11,13-14H2,(H2,21,22,26). The molecule has 0 aliphatic carbocycles. The molecule has 1 saturated heterocycles. The normalized spacial score (nSPS) is 15.9. The summed E-state index contributed by atoms with van der Waals surface area (Å²) in [6, 6.07) is 13.6. The average molecular weight is 371 g/mol. The lowest BCUT2D eigenvalue weighted by atomic mass is 10.1. The highest BCUT2D eigenvalue weighted by Crippen LogP contribution is 2.17. The highest BCUT2D eigenvalue weighted by molar-refractivity contribution is 5.89. The molecule has 1 unspecified atom stereocenters. The third-order valence-corrected chi connectivity index (χ3v) is 4.43. The van der Waals surface area contributed by atoms with Crippen LogP contribution in [0.2, 0.25) is 0 Å². The number of nitrogens with one attached hydrogen (secondary N) is 2. The fraction of sp³-hybridized carbons (Fsp3) is 0.350. The van der Waals surface area contributed by atoms with E-state index in [9.17, 15) is 15.0 Å². The van der Waals surface area contributed by atoms with E-state index in [1.54, 1.807) is 12.1 Å². The van der Waals surface area contributed by atoms with E-state index >= 15 is 0 Å². The Balaban J connectivity index is 1.44. The number of nitrogens with zero attached hydrogens (tertiary/aromatic N) is 1. The number of hydrogen-bond donors (Lipinski definition) is 4. The minimum Gasteiger partial charge on any atom is -0.508 e. The Hall–Kier alpha value is -2.61. The molecular formula is C20H25N3O4. The van der Waals surface area contributed by atoms with Gasteiger partial charge in [-0.05, 0) is 35.4 Å². The van der Waals surface area contributed by atoms with Gasteiger partial charge in [0.15, 0.2) is 0 Å². The Bertz CT molecular complexity index is 745. The number of aliphatic hydroxyl groups excluding tert-OH is 1. The monoisotopic (exact) mass is 371 g/mol. The summed E-state index contributed by atoms with van der Waals surface area (Å²) in [6.45, 7) is 4.33. The van der Waals surface area contributed by atoms with Crippen molar-refractivity contribution in [2.24, 2.45) is 0 Å². The molecular weight excluding hydrogens is 346 g/mol. The molecule has 0 bridgehead atoms. The van der Waals surface area contributed by atoms with E-state index in [-0.39, 0.29) is 12.3 Å². The number of phenolic OH excluding ortho intramolecular Hbond substituents is 1. The van der Waals surface area contributed by atoms with Crippen LogP contribution in [0.5, 0.6) is 5.75 Å². The van der Waals surface area contributed by atoms with Crippen LogP contribution >= 0.6 is 0 Å². The Morgan fingerprint density at radius 2 is 1.89 bits per heavy atom. The molecule has 2 aromatic carbocycles. The first-order valence-corrected chi connectivity index (χ1v) is 9.01. The van der Waals surface area contributed by atoms with Gasteiger partial charge in [0.1, 0.15) is 5.75 Å². The molecule has 2 amide bonds. The first kappa shape index (κ1) is 19.2. The second-order valence-corrected chi connectivity index (χ2v) is 6.53. The van der Waals surface area contributed by atoms with E-state index in [1.165, 1.54) is 17.7 Å². The molecule has 1 heterocycles. The SMILES string of the molecule is O=C(NCC(O)c1cccc(O)c1)Nc1ccc(CN2CCOCC2)cc1. The quantitative estimate of drug-likeness (QED) is 0.624. The number of carbonyl (C=O) groups is 1. The van der Waals surface area contributed by atoms with Gasteiger partial charge in [-0.2, -0.15) is 0 Å². The lowest BCUT2D eigenvalue weighted by molar-refractivity contribution is 0.0342. The second-order valence-electron chi connectivity index (χ2n) is 6.53. The molecule has 7 nitrogen and oxygen atoms in total. The summed E-state index contributed by atoms with van der Waals surface area (Å²) < 4.78 is 5.35. The number of benzene rings is 2. The van der Waals surface area contributed by atoms with E-state index in [2.05, 4.69) is 15.5 Å². The van der Waals surface area contributed by atoms with Crippen LogP contribution in [-0.4, -0.2) is 54.0 Å². The number of amides is 2. The lowest BCUT2D eigenvalue weighted by Crippen LogP contribution is -2.35. The molecule has 1 fully saturated rings. The molecule has 1 aliphatic heterocycles. The van der Waals surface area contributed by atoms with E-state index in [4.69, 9.17) is 4.74 Å². The van der Waals surface area contributed by atoms with Crippen molar-refractivity contribution in [1.82, 2.24) is 10.2 Å². The number of ether oxygens (including phenoxy) is 1. The number of hydrogen-bond acceptors (Lipinski definition) is 5. The molecule has 1 atom stereocenters. The first-order valence-electron chi connectivity index (χ1n) is 9.01. The number of morpholine rings is 1. The highest BCUT2D eigenvalue weighted by atomic mass is 16.5. The third-order valence-electron chi connectivity index (χ3n) is 4.43. The Labute approximate surface area is 158 Å². The molecule has 7 heteroatoms. The van der Waals surface area contributed by atoms with Crippen LogP contribution in [0.15, 0.2) is 48.5 Å². The van der Waals surface area contributed by atoms with Gasteiger partial charge in [0, 0.05) is 31.9 Å². The number of anilines is 1. The molecule has 2 aromatic rings. The van der Waals surface area contributed by atoms with Crippen LogP contribution in [0.1, 0.15) is 17.2 Å². The van der Waals surface area contributed by atoms with Gasteiger partial charge < -0.3 is 25.6 Å². The zero-order chi connectivity index (χ0) is 19.1. The number of rotatable bonds is 6. The molecule has 0 aromatic heterocycles. The molecule has 3 rings (SSSR count). The van der Waals surface area contributed by atoms with Crippen molar-refractivity contribution >= 4 is 11.7 Å². The molecule has 4 N–H and O–H groups in total. The predicted molar refractivity (Wildman–Crippen MR) is 103 cm³/mol. The molecule has 1 aliphatic rings. The Morgan fingerprint density at radius 1 is 1.15 bits per heavy atom. The van der Waals surface area contributed by atoms with Crippen molar-refractivity contribution in [3.63, 3.8) is 0 Å². The van der Waals surface area contributed by atoms with Gasteiger partial charge in [0.05, 0.1) is 19.3 Å². The zero-order valence-corrected chi connectivity index (χ0v) is 15.1. The van der Waals surface area contributed by atoms with Crippen LogP contribution in [0.4, 0.5) is 10.5 Å². The predicted octanol–water partition coefficient (Wildman–Crippen LogP) is 2.08. The van der Waals surface area contributed by atoms with Crippen molar-refractivity contribution in [3.05, 3.63) is 59.7 Å². The largest absolute Gasteiger partial charge is 0.508 e. The molecule has 0 radical (unpaired) electrons. The maximum absolute atomic E-state index is 12.0. The molecule has 144 valence electrons. The van der Waals surface area contributed by atoms with Crippen LogP contribution in [0, 0.1) is 0 Å². The topological polar surface area (TPSA) is 94.1 Å². The van der Waals surface area contributed by atoms with Gasteiger partial charge in [-0.3, -0.25) is 4.90 Å². The summed E-state index contributed by atoms with van der Waals surface area (Å²) >= 11 is 0. The summed E-state index contributed by atoms with van der Waals surface area (Å²) in [5, 5.41) is 24.9. The molecule has 0 saturated carbocycles. The fourth-order valence-electron chi connectivity index (χ4n) is 2.93. The summed E-state index contributed by atoms with van der Waals surface area (Å²) in [7, 11) is 0. The van der Waals surface area contributed by atoms with Crippen LogP contribution < -0.4 is 10.6 Å². The number of urea groups is 1. The Morgan fingerprint density at radius 3 is 2.59 bits per heavy atom. The first-order chi connectivity index (χ1) is 13.1. The van der Waals surface area contributed by atoms with E-state index < -0.39 is 12.1 Å². The lowest BCUT2D eigenvalue weighted by Gasteiger charge is -2.26. The maximum atomic E-state index is 12.0. The average Bonchev–Trinajstić information content (AvgIpc) is 2.68. The van der Waals surface area contributed by atoms with Crippen molar-refractivity contribution < 1.29 is 19.7 Å². The van der Waals surface area contributed by atoms with Crippen molar-refractivity contribution in [1.29, 1.82) is 0 Å². The minimum absolute atomic E-state index is 0.0460. The van der Waals surface area contributed by atoms with Gasteiger partial charge in [0.25, 0.3) is 0 Å². The van der Waals surface area contributed by atoms with E-state index in [0.717, 1.165) is 32.8 Å². The molecule has 27 heavy (non-hydrogen) atoms. The zero-order valence-electron chi connectivity index (χ0n) is 15.1. The van der Waals surface area contributed by atoms with Crippen LogP contribution in [-0.2, 0) is 11.3 Å². The van der Waals surface area contributed by atoms with Crippen LogP contribution in [0.25, 0.3) is 0 Å². The highest BCUT2D eigenvalue weighted by Gasteiger charge is 2.12. The van der Waals surface area contributed by atoms with E-state index in [1.807, 2.05) is 24.3 Å². The summed E-state index contributed by atoms with van der Waals surface area (Å²) in [4.78, 5) is 14.3. The van der Waals surface area contributed by atoms with E-state index in [0.29, 0.717) is 11.3 Å². The van der Waals surface area contributed by atoms with Crippen LogP contribution in [0.3, 0.4) is 0 Å². The second kappa shape index (κ2) is 9.36.